The van der Waals surface area contributed by atoms with Crippen molar-refractivity contribution in [1.29, 1.82) is 5.26 Å². The summed E-state index contributed by atoms with van der Waals surface area (Å²) < 4.78 is 26.9. The van der Waals surface area contributed by atoms with Gasteiger partial charge in [-0.15, -0.1) is 0 Å². The van der Waals surface area contributed by atoms with Crippen LogP contribution in [0.5, 0.6) is 0 Å². The van der Waals surface area contributed by atoms with Crippen LogP contribution in [0.4, 0.5) is 0 Å². The number of unbranched alkanes of at least 4 members (excludes halogenated alkanes) is 2. The van der Waals surface area contributed by atoms with Gasteiger partial charge in [-0.3, -0.25) is 0 Å². The summed E-state index contributed by atoms with van der Waals surface area (Å²) in [6.07, 6.45) is 5.04. The first kappa shape index (κ1) is 17.0. The van der Waals surface area contributed by atoms with Crippen LogP contribution in [-0.4, -0.2) is 27.0 Å². The van der Waals surface area contributed by atoms with Crippen LogP contribution >= 0.6 is 11.8 Å². The number of rotatable bonds is 8. The third-order valence-corrected chi connectivity index (χ3v) is 5.23. The molecule has 0 spiro atoms. The molecule has 1 aromatic rings. The Hall–Kier alpha value is -1.03. The Morgan fingerprint density at radius 1 is 1.30 bits per heavy atom. The fourth-order valence-electron chi connectivity index (χ4n) is 1.85. The quantitative estimate of drug-likeness (QED) is 0.749. The zero-order valence-electron chi connectivity index (χ0n) is 11.8. The lowest BCUT2D eigenvalue weighted by molar-refractivity contribution is 0.575. The van der Waals surface area contributed by atoms with Crippen LogP contribution in [0.3, 0.4) is 0 Å². The zero-order chi connectivity index (χ0) is 15.0. The highest BCUT2D eigenvalue weighted by Gasteiger charge is 2.16. The van der Waals surface area contributed by atoms with Crippen molar-refractivity contribution >= 4 is 21.8 Å². The Morgan fingerprint density at radius 2 is 2.05 bits per heavy atom. The molecule has 0 saturated heterocycles. The van der Waals surface area contributed by atoms with Gasteiger partial charge in [-0.1, -0.05) is 6.42 Å². The first-order valence-corrected chi connectivity index (χ1v) is 9.38. The molecular formula is C14H20N2O2S2. The summed E-state index contributed by atoms with van der Waals surface area (Å²) in [4.78, 5) is 0.251. The molecular weight excluding hydrogens is 292 g/mol. The molecule has 0 fully saturated rings. The molecule has 20 heavy (non-hydrogen) atoms. The van der Waals surface area contributed by atoms with Crippen molar-refractivity contribution in [3.63, 3.8) is 0 Å². The monoisotopic (exact) mass is 312 g/mol. The fourth-order valence-corrected chi connectivity index (χ4v) is 3.64. The van der Waals surface area contributed by atoms with Gasteiger partial charge in [0.1, 0.15) is 0 Å². The molecule has 1 N–H and O–H groups in total. The molecule has 110 valence electrons. The van der Waals surface area contributed by atoms with E-state index in [4.69, 9.17) is 5.26 Å². The lowest BCUT2D eigenvalue weighted by Gasteiger charge is -2.09. The Labute approximate surface area is 125 Å². The van der Waals surface area contributed by atoms with Crippen LogP contribution in [0.25, 0.3) is 0 Å². The number of benzene rings is 1. The van der Waals surface area contributed by atoms with Gasteiger partial charge in [0, 0.05) is 6.54 Å². The lowest BCUT2D eigenvalue weighted by atomic mass is 10.2. The molecule has 0 aliphatic carbocycles. The highest BCUT2D eigenvalue weighted by atomic mass is 32.2. The van der Waals surface area contributed by atoms with Gasteiger partial charge in [0.25, 0.3) is 0 Å². The molecule has 0 saturated carbocycles. The van der Waals surface area contributed by atoms with Crippen molar-refractivity contribution in [2.75, 3.05) is 18.6 Å². The minimum absolute atomic E-state index is 0.251. The van der Waals surface area contributed by atoms with E-state index in [0.29, 0.717) is 17.7 Å². The van der Waals surface area contributed by atoms with Crippen molar-refractivity contribution in [2.24, 2.45) is 0 Å². The summed E-state index contributed by atoms with van der Waals surface area (Å²) in [5, 5.41) is 8.78. The standard InChI is InChI=1S/C14H20N2O2S2/c1-12-10-13(11-15)6-7-14(12)20(17,18)16-8-4-3-5-9-19-2/h6-7,10,16H,3-5,8-9H2,1-2H3. The maximum Gasteiger partial charge on any atom is 0.240 e. The average molecular weight is 312 g/mol. The number of nitriles is 1. The number of hydrogen-bond donors (Lipinski definition) is 1. The van der Waals surface area contributed by atoms with Crippen LogP contribution in [0.15, 0.2) is 23.1 Å². The van der Waals surface area contributed by atoms with Gasteiger partial charge in [-0.05, 0) is 55.5 Å². The predicted octanol–water partition coefficient (Wildman–Crippen LogP) is 2.68. The third-order valence-electron chi connectivity index (χ3n) is 2.91. The topological polar surface area (TPSA) is 70.0 Å². The highest BCUT2D eigenvalue weighted by Crippen LogP contribution is 2.16. The predicted molar refractivity (Wildman–Crippen MR) is 83.3 cm³/mol. The van der Waals surface area contributed by atoms with Crippen LogP contribution in [0, 0.1) is 18.3 Å². The summed E-state index contributed by atoms with van der Waals surface area (Å²) >= 11 is 1.80. The molecule has 1 aromatic carbocycles. The molecule has 0 radical (unpaired) electrons. The molecule has 0 aromatic heterocycles. The van der Waals surface area contributed by atoms with Gasteiger partial charge >= 0.3 is 0 Å². The molecule has 0 aliphatic rings. The van der Waals surface area contributed by atoms with E-state index in [1.807, 2.05) is 6.07 Å². The van der Waals surface area contributed by atoms with Crippen molar-refractivity contribution in [1.82, 2.24) is 4.72 Å². The van der Waals surface area contributed by atoms with Crippen molar-refractivity contribution in [3.05, 3.63) is 29.3 Å². The van der Waals surface area contributed by atoms with E-state index in [1.54, 1.807) is 24.8 Å². The van der Waals surface area contributed by atoms with Gasteiger partial charge in [0.05, 0.1) is 16.5 Å². The highest BCUT2D eigenvalue weighted by molar-refractivity contribution is 7.98. The van der Waals surface area contributed by atoms with Gasteiger partial charge in [0.2, 0.25) is 10.0 Å². The van der Waals surface area contributed by atoms with E-state index in [0.717, 1.165) is 25.0 Å². The second kappa shape index (κ2) is 8.30. The molecule has 6 heteroatoms. The molecule has 0 aliphatic heterocycles. The van der Waals surface area contributed by atoms with Gasteiger partial charge in [-0.25, -0.2) is 13.1 Å². The summed E-state index contributed by atoms with van der Waals surface area (Å²) in [5.74, 6) is 1.11. The normalized spacial score (nSPS) is 11.2. The SMILES string of the molecule is CSCCCCCNS(=O)(=O)c1ccc(C#N)cc1C. The Kier molecular flexibility index (Phi) is 7.06. The van der Waals surface area contributed by atoms with Crippen LogP contribution in [0.2, 0.25) is 0 Å². The number of thioether (sulfide) groups is 1. The number of aryl methyl sites for hydroxylation is 1. The second-order valence-electron chi connectivity index (χ2n) is 4.54. The number of nitrogens with one attached hydrogen (secondary N) is 1. The first-order chi connectivity index (χ1) is 9.51. The zero-order valence-corrected chi connectivity index (χ0v) is 13.5. The number of sulfonamides is 1. The van der Waals surface area contributed by atoms with E-state index in [2.05, 4.69) is 11.0 Å². The van der Waals surface area contributed by atoms with Crippen LogP contribution < -0.4 is 4.72 Å². The Morgan fingerprint density at radius 3 is 2.65 bits per heavy atom. The van der Waals surface area contributed by atoms with E-state index in [1.165, 1.54) is 12.1 Å². The molecule has 0 bridgehead atoms. The summed E-state index contributed by atoms with van der Waals surface area (Å²) in [5.41, 5.74) is 1.07. The largest absolute Gasteiger partial charge is 0.240 e. The summed E-state index contributed by atoms with van der Waals surface area (Å²) in [6.45, 7) is 2.16. The fraction of sp³-hybridized carbons (Fsp3) is 0.500. The molecule has 0 amide bonds. The number of nitrogens with zero attached hydrogens (tertiary/aromatic N) is 1. The molecule has 4 nitrogen and oxygen atoms in total. The first-order valence-electron chi connectivity index (χ1n) is 6.50. The lowest BCUT2D eigenvalue weighted by Crippen LogP contribution is -2.25. The Bertz CT molecular complexity index is 577. The van der Waals surface area contributed by atoms with Gasteiger partial charge in [0.15, 0.2) is 0 Å². The van der Waals surface area contributed by atoms with E-state index < -0.39 is 10.0 Å². The molecule has 0 heterocycles. The second-order valence-corrected chi connectivity index (χ2v) is 7.26. The van der Waals surface area contributed by atoms with Gasteiger partial charge < -0.3 is 0 Å². The third kappa shape index (κ3) is 5.16. The molecule has 0 unspecified atom stereocenters. The average Bonchev–Trinajstić information content (AvgIpc) is 2.42. The van der Waals surface area contributed by atoms with Gasteiger partial charge in [-0.2, -0.15) is 17.0 Å². The van der Waals surface area contributed by atoms with Crippen molar-refractivity contribution in [3.8, 4) is 6.07 Å². The van der Waals surface area contributed by atoms with Crippen LogP contribution in [0.1, 0.15) is 30.4 Å². The van der Waals surface area contributed by atoms with E-state index in [9.17, 15) is 8.42 Å². The number of hydrogen-bond acceptors (Lipinski definition) is 4. The minimum Gasteiger partial charge on any atom is -0.211 e. The maximum atomic E-state index is 12.1. The van der Waals surface area contributed by atoms with E-state index in [-0.39, 0.29) is 4.90 Å². The molecule has 1 rings (SSSR count). The maximum absolute atomic E-state index is 12.1. The molecule has 0 atom stereocenters. The van der Waals surface area contributed by atoms with Crippen molar-refractivity contribution in [2.45, 2.75) is 31.1 Å². The Balaban J connectivity index is 2.59. The smallest absolute Gasteiger partial charge is 0.211 e. The summed E-state index contributed by atoms with van der Waals surface area (Å²) in [7, 11) is -3.47. The minimum atomic E-state index is -3.47. The van der Waals surface area contributed by atoms with E-state index >= 15 is 0 Å². The summed E-state index contributed by atoms with van der Waals surface area (Å²) in [6, 6.07) is 6.61. The van der Waals surface area contributed by atoms with Crippen molar-refractivity contribution < 1.29 is 8.42 Å². The van der Waals surface area contributed by atoms with Crippen LogP contribution in [-0.2, 0) is 10.0 Å².